The highest BCUT2D eigenvalue weighted by Crippen LogP contribution is 2.24. The number of hydrogen-bond donors (Lipinski definition) is 2. The highest BCUT2D eigenvalue weighted by molar-refractivity contribution is 5.78. The Morgan fingerprint density at radius 2 is 2.04 bits per heavy atom. The van der Waals surface area contributed by atoms with E-state index in [1.54, 1.807) is 7.11 Å². The molecule has 0 spiro atoms. The molecule has 1 heterocycles. The number of ether oxygens (including phenoxy) is 1. The molecule has 0 saturated heterocycles. The molecule has 0 bridgehead atoms. The predicted octanol–water partition coefficient (Wildman–Crippen LogP) is 2.16. The van der Waals surface area contributed by atoms with Crippen molar-refractivity contribution >= 4 is 16.9 Å². The predicted molar refractivity (Wildman–Crippen MR) is 91.1 cm³/mol. The minimum atomic E-state index is -0.258. The van der Waals surface area contributed by atoms with Crippen LogP contribution in [0.1, 0.15) is 45.1 Å². The lowest BCUT2D eigenvalue weighted by atomic mass is 10.2. The average Bonchev–Trinajstić information content (AvgIpc) is 2.92. The highest BCUT2D eigenvalue weighted by atomic mass is 16.5. The number of amides is 1. The Bertz CT molecular complexity index is 662. The van der Waals surface area contributed by atoms with Gasteiger partial charge in [-0.3, -0.25) is 4.79 Å². The van der Waals surface area contributed by atoms with Gasteiger partial charge in [0.15, 0.2) is 0 Å². The lowest BCUT2D eigenvalue weighted by molar-refractivity contribution is -0.124. The number of nitrogens with two attached hydrogens (primary N) is 1. The van der Waals surface area contributed by atoms with Crippen molar-refractivity contribution in [2.24, 2.45) is 5.73 Å². The van der Waals surface area contributed by atoms with Crippen LogP contribution in [0.25, 0.3) is 11.0 Å². The van der Waals surface area contributed by atoms with Gasteiger partial charge in [-0.1, -0.05) is 12.1 Å². The van der Waals surface area contributed by atoms with E-state index in [0.29, 0.717) is 6.54 Å². The number of imidazole rings is 1. The number of para-hydroxylation sites is 2. The second-order valence-electron chi connectivity index (χ2n) is 6.01. The van der Waals surface area contributed by atoms with Gasteiger partial charge in [0.25, 0.3) is 0 Å². The molecule has 0 fully saturated rings. The van der Waals surface area contributed by atoms with E-state index in [4.69, 9.17) is 15.5 Å². The van der Waals surface area contributed by atoms with Crippen LogP contribution >= 0.6 is 0 Å². The standard InChI is InChI=1S/C17H26N4O2/c1-11(2)21-15-8-6-5-7-14(15)20-17(21)12(3)19-16(22)9-13(10-18)23-4/h5-8,11-13H,9-10,18H2,1-4H3,(H,19,22). The Balaban J connectivity index is 2.22. The quantitative estimate of drug-likeness (QED) is 0.819. The van der Waals surface area contributed by atoms with Gasteiger partial charge < -0.3 is 20.4 Å². The van der Waals surface area contributed by atoms with Crippen molar-refractivity contribution in [1.82, 2.24) is 14.9 Å². The number of fused-ring (bicyclic) bond motifs is 1. The second-order valence-corrected chi connectivity index (χ2v) is 6.01. The van der Waals surface area contributed by atoms with Crippen LogP contribution in [0.4, 0.5) is 0 Å². The maximum absolute atomic E-state index is 12.2. The number of hydrogen-bond acceptors (Lipinski definition) is 4. The number of methoxy groups -OCH3 is 1. The summed E-state index contributed by atoms with van der Waals surface area (Å²) in [6.07, 6.45) is -0.00897. The largest absolute Gasteiger partial charge is 0.380 e. The molecule has 1 amide bonds. The van der Waals surface area contributed by atoms with Gasteiger partial charge in [-0.15, -0.1) is 0 Å². The molecule has 0 aliphatic rings. The zero-order valence-electron chi connectivity index (χ0n) is 14.2. The molecule has 23 heavy (non-hydrogen) atoms. The Labute approximate surface area is 137 Å². The molecule has 2 rings (SSSR count). The van der Waals surface area contributed by atoms with Gasteiger partial charge in [0.2, 0.25) is 5.91 Å². The second kappa shape index (κ2) is 7.57. The Kier molecular flexibility index (Phi) is 5.74. The molecular formula is C17H26N4O2. The summed E-state index contributed by atoms with van der Waals surface area (Å²) in [7, 11) is 1.56. The number of carbonyl (C=O) groups is 1. The fraction of sp³-hybridized carbons (Fsp3) is 0.529. The van der Waals surface area contributed by atoms with Crippen LogP contribution in [0.15, 0.2) is 24.3 Å². The first kappa shape index (κ1) is 17.4. The molecule has 3 N–H and O–H groups in total. The summed E-state index contributed by atoms with van der Waals surface area (Å²) in [6, 6.07) is 8.08. The topological polar surface area (TPSA) is 82.2 Å². The summed E-state index contributed by atoms with van der Waals surface area (Å²) in [6.45, 7) is 6.49. The smallest absolute Gasteiger partial charge is 0.223 e. The number of aromatic nitrogens is 2. The van der Waals surface area contributed by atoms with Gasteiger partial charge in [-0.05, 0) is 32.9 Å². The maximum atomic E-state index is 12.2. The third-order valence-electron chi connectivity index (χ3n) is 3.91. The van der Waals surface area contributed by atoms with Crippen molar-refractivity contribution in [3.63, 3.8) is 0 Å². The van der Waals surface area contributed by atoms with E-state index >= 15 is 0 Å². The molecule has 0 radical (unpaired) electrons. The van der Waals surface area contributed by atoms with E-state index in [2.05, 4.69) is 29.8 Å². The molecule has 2 aromatic rings. The van der Waals surface area contributed by atoms with Crippen LogP contribution in [-0.2, 0) is 9.53 Å². The van der Waals surface area contributed by atoms with Gasteiger partial charge in [0.1, 0.15) is 5.82 Å². The van der Waals surface area contributed by atoms with Crippen LogP contribution in [0.2, 0.25) is 0 Å². The van der Waals surface area contributed by atoms with Gasteiger partial charge in [0.05, 0.1) is 29.6 Å². The summed E-state index contributed by atoms with van der Waals surface area (Å²) >= 11 is 0. The third kappa shape index (κ3) is 3.89. The molecule has 6 nitrogen and oxygen atoms in total. The van der Waals surface area contributed by atoms with Crippen LogP contribution in [0, 0.1) is 0 Å². The molecule has 0 aliphatic heterocycles. The van der Waals surface area contributed by atoms with Crippen molar-refractivity contribution in [3.05, 3.63) is 30.1 Å². The first-order valence-corrected chi connectivity index (χ1v) is 7.97. The van der Waals surface area contributed by atoms with Crippen molar-refractivity contribution in [2.75, 3.05) is 13.7 Å². The van der Waals surface area contributed by atoms with Gasteiger partial charge in [-0.2, -0.15) is 0 Å². The fourth-order valence-corrected chi connectivity index (χ4v) is 2.75. The lowest BCUT2D eigenvalue weighted by Gasteiger charge is -2.20. The molecule has 1 aromatic heterocycles. The Morgan fingerprint density at radius 3 is 2.65 bits per heavy atom. The first-order valence-electron chi connectivity index (χ1n) is 7.97. The number of rotatable bonds is 7. The zero-order chi connectivity index (χ0) is 17.0. The van der Waals surface area contributed by atoms with E-state index in [1.165, 1.54) is 0 Å². The Hall–Kier alpha value is -1.92. The minimum absolute atomic E-state index is 0.0860. The summed E-state index contributed by atoms with van der Waals surface area (Å²) in [5.74, 6) is 0.772. The minimum Gasteiger partial charge on any atom is -0.380 e. The average molecular weight is 318 g/mol. The van der Waals surface area contributed by atoms with E-state index in [0.717, 1.165) is 16.9 Å². The van der Waals surface area contributed by atoms with E-state index in [9.17, 15) is 4.79 Å². The molecule has 2 atom stereocenters. The van der Waals surface area contributed by atoms with Gasteiger partial charge >= 0.3 is 0 Å². The summed E-state index contributed by atoms with van der Waals surface area (Å²) < 4.78 is 7.32. The molecule has 0 saturated carbocycles. The van der Waals surface area contributed by atoms with Crippen molar-refractivity contribution in [3.8, 4) is 0 Å². The zero-order valence-corrected chi connectivity index (χ0v) is 14.2. The molecule has 2 unspecified atom stereocenters. The fourth-order valence-electron chi connectivity index (χ4n) is 2.75. The van der Waals surface area contributed by atoms with Crippen LogP contribution in [0.3, 0.4) is 0 Å². The normalized spacial score (nSPS) is 14.2. The van der Waals surface area contributed by atoms with Gasteiger partial charge in [0, 0.05) is 19.7 Å². The number of benzene rings is 1. The molecule has 126 valence electrons. The third-order valence-corrected chi connectivity index (χ3v) is 3.91. The lowest BCUT2D eigenvalue weighted by Crippen LogP contribution is -2.34. The van der Waals surface area contributed by atoms with E-state index < -0.39 is 0 Å². The summed E-state index contributed by atoms with van der Waals surface area (Å²) in [5.41, 5.74) is 7.58. The summed E-state index contributed by atoms with van der Waals surface area (Å²) in [5, 5.41) is 2.99. The van der Waals surface area contributed by atoms with E-state index in [-0.39, 0.29) is 30.5 Å². The number of carbonyl (C=O) groups excluding carboxylic acids is 1. The SMILES string of the molecule is COC(CN)CC(=O)NC(C)c1nc2ccccc2n1C(C)C. The van der Waals surface area contributed by atoms with Crippen LogP contribution < -0.4 is 11.1 Å². The highest BCUT2D eigenvalue weighted by Gasteiger charge is 2.21. The van der Waals surface area contributed by atoms with Crippen molar-refractivity contribution in [2.45, 2.75) is 45.4 Å². The van der Waals surface area contributed by atoms with Crippen LogP contribution in [-0.4, -0.2) is 35.2 Å². The molecule has 0 aliphatic carbocycles. The molecular weight excluding hydrogens is 292 g/mol. The first-order chi connectivity index (χ1) is 11.0. The van der Waals surface area contributed by atoms with Crippen LogP contribution in [0.5, 0.6) is 0 Å². The number of nitrogens with zero attached hydrogens (tertiary/aromatic N) is 2. The molecule has 6 heteroatoms. The van der Waals surface area contributed by atoms with E-state index in [1.807, 2.05) is 25.1 Å². The molecule has 1 aromatic carbocycles. The monoisotopic (exact) mass is 318 g/mol. The van der Waals surface area contributed by atoms with Crippen molar-refractivity contribution < 1.29 is 9.53 Å². The maximum Gasteiger partial charge on any atom is 0.223 e. The van der Waals surface area contributed by atoms with Gasteiger partial charge in [-0.25, -0.2) is 4.98 Å². The summed E-state index contributed by atoms with van der Waals surface area (Å²) in [4.78, 5) is 16.9. The number of nitrogens with one attached hydrogen (secondary N) is 1. The van der Waals surface area contributed by atoms with Crippen molar-refractivity contribution in [1.29, 1.82) is 0 Å². The Morgan fingerprint density at radius 1 is 1.35 bits per heavy atom.